The molecule has 0 unspecified atom stereocenters. The number of nitrogens with two attached hydrogens (primary N) is 1. The number of hydrogen-bond donors (Lipinski definition) is 1. The van der Waals surface area contributed by atoms with Crippen molar-refractivity contribution in [2.45, 2.75) is 58.2 Å². The molecule has 0 aliphatic heterocycles. The Bertz CT molecular complexity index is 515. The molecule has 0 aromatic carbocycles. The van der Waals surface area contributed by atoms with Crippen LogP contribution in [0.25, 0.3) is 0 Å². The van der Waals surface area contributed by atoms with Gasteiger partial charge in [-0.05, 0) is 13.8 Å². The van der Waals surface area contributed by atoms with Gasteiger partial charge in [-0.2, -0.15) is 0 Å². The molecule has 2 N–H and O–H groups in total. The van der Waals surface area contributed by atoms with Gasteiger partial charge in [-0.15, -0.1) is 11.3 Å². The summed E-state index contributed by atoms with van der Waals surface area (Å²) in [7, 11) is -3.06. The van der Waals surface area contributed by atoms with Crippen molar-refractivity contribution in [1.29, 1.82) is 0 Å². The SMILES string of the molecule is CCS(=O)(=O)Cc1nc(C(C)(C)C)c(C(C)(C)N)s1. The molecule has 0 bridgehead atoms. The molecule has 1 heterocycles. The fraction of sp³-hybridized carbons (Fsp3) is 0.769. The molecule has 0 amide bonds. The van der Waals surface area contributed by atoms with E-state index in [0.29, 0.717) is 5.01 Å². The van der Waals surface area contributed by atoms with E-state index in [-0.39, 0.29) is 16.9 Å². The predicted octanol–water partition coefficient (Wildman–Crippen LogP) is 2.57. The molecule has 0 radical (unpaired) electrons. The van der Waals surface area contributed by atoms with Crippen molar-refractivity contribution in [2.75, 3.05) is 5.75 Å². The van der Waals surface area contributed by atoms with Crippen molar-refractivity contribution >= 4 is 21.2 Å². The van der Waals surface area contributed by atoms with Gasteiger partial charge in [0.05, 0.1) is 5.69 Å². The standard InChI is InChI=1S/C13H24N2O2S2/c1-7-19(16,17)8-9-15-10(12(2,3)4)11(18-9)13(5,6)14/h7-8,14H2,1-6H3. The van der Waals surface area contributed by atoms with Crippen LogP contribution < -0.4 is 5.73 Å². The second-order valence-electron chi connectivity index (χ2n) is 6.43. The van der Waals surface area contributed by atoms with Crippen molar-refractivity contribution < 1.29 is 8.42 Å². The van der Waals surface area contributed by atoms with E-state index in [1.807, 2.05) is 13.8 Å². The van der Waals surface area contributed by atoms with Crippen LogP contribution in [0.3, 0.4) is 0 Å². The van der Waals surface area contributed by atoms with Crippen LogP contribution in [-0.4, -0.2) is 19.2 Å². The first-order valence-corrected chi connectivity index (χ1v) is 9.00. The fourth-order valence-electron chi connectivity index (χ4n) is 1.66. The van der Waals surface area contributed by atoms with Gasteiger partial charge in [0, 0.05) is 21.6 Å². The summed E-state index contributed by atoms with van der Waals surface area (Å²) in [5.74, 6) is 0.145. The number of thiazole rings is 1. The third kappa shape index (κ3) is 4.26. The lowest BCUT2D eigenvalue weighted by Gasteiger charge is -2.24. The van der Waals surface area contributed by atoms with E-state index in [9.17, 15) is 8.42 Å². The lowest BCUT2D eigenvalue weighted by molar-refractivity contribution is 0.511. The van der Waals surface area contributed by atoms with E-state index >= 15 is 0 Å². The van der Waals surface area contributed by atoms with E-state index in [1.54, 1.807) is 6.92 Å². The summed E-state index contributed by atoms with van der Waals surface area (Å²) < 4.78 is 23.4. The molecule has 0 fully saturated rings. The monoisotopic (exact) mass is 304 g/mol. The Hall–Kier alpha value is -0.460. The van der Waals surface area contributed by atoms with Crippen molar-refractivity contribution in [3.63, 3.8) is 0 Å². The van der Waals surface area contributed by atoms with Crippen LogP contribution in [0.4, 0.5) is 0 Å². The van der Waals surface area contributed by atoms with Crippen molar-refractivity contribution in [1.82, 2.24) is 4.98 Å². The summed E-state index contributed by atoms with van der Waals surface area (Å²) in [6, 6.07) is 0. The maximum Gasteiger partial charge on any atom is 0.156 e. The van der Waals surface area contributed by atoms with E-state index in [1.165, 1.54) is 11.3 Å². The molecule has 4 nitrogen and oxygen atoms in total. The maximum atomic E-state index is 11.7. The van der Waals surface area contributed by atoms with Crippen LogP contribution >= 0.6 is 11.3 Å². The van der Waals surface area contributed by atoms with Crippen LogP contribution in [0.15, 0.2) is 0 Å². The highest BCUT2D eigenvalue weighted by atomic mass is 32.2. The summed E-state index contributed by atoms with van der Waals surface area (Å²) in [6.07, 6.45) is 0. The van der Waals surface area contributed by atoms with Gasteiger partial charge in [0.2, 0.25) is 0 Å². The molecule has 1 rings (SSSR count). The first kappa shape index (κ1) is 16.6. The van der Waals surface area contributed by atoms with Gasteiger partial charge in [-0.1, -0.05) is 27.7 Å². The summed E-state index contributed by atoms with van der Waals surface area (Å²) in [5.41, 5.74) is 6.45. The topological polar surface area (TPSA) is 73.0 Å². The molecule has 0 saturated carbocycles. The predicted molar refractivity (Wildman–Crippen MR) is 81.2 cm³/mol. The van der Waals surface area contributed by atoms with E-state index < -0.39 is 15.4 Å². The Morgan fingerprint density at radius 3 is 2.05 bits per heavy atom. The van der Waals surface area contributed by atoms with E-state index in [4.69, 9.17) is 5.73 Å². The largest absolute Gasteiger partial charge is 0.321 e. The molecule has 0 saturated heterocycles. The molecule has 1 aromatic heterocycles. The highest BCUT2D eigenvalue weighted by Crippen LogP contribution is 2.35. The minimum Gasteiger partial charge on any atom is -0.321 e. The molecular weight excluding hydrogens is 280 g/mol. The van der Waals surface area contributed by atoms with Crippen LogP contribution in [-0.2, 0) is 26.5 Å². The Morgan fingerprint density at radius 1 is 1.21 bits per heavy atom. The summed E-state index contributed by atoms with van der Waals surface area (Å²) in [5, 5.41) is 0.639. The van der Waals surface area contributed by atoms with Crippen LogP contribution in [0, 0.1) is 0 Å². The molecule has 1 aromatic rings. The third-order valence-electron chi connectivity index (χ3n) is 2.75. The summed E-state index contributed by atoms with van der Waals surface area (Å²) in [6.45, 7) is 11.7. The first-order valence-electron chi connectivity index (χ1n) is 6.37. The van der Waals surface area contributed by atoms with Gasteiger partial charge in [0.25, 0.3) is 0 Å². The highest BCUT2D eigenvalue weighted by Gasteiger charge is 2.30. The average Bonchev–Trinajstić information content (AvgIpc) is 2.60. The van der Waals surface area contributed by atoms with Gasteiger partial charge >= 0.3 is 0 Å². The molecule has 19 heavy (non-hydrogen) atoms. The maximum absolute atomic E-state index is 11.7. The number of rotatable bonds is 4. The third-order valence-corrected chi connectivity index (χ3v) is 5.92. The number of hydrogen-bond acceptors (Lipinski definition) is 5. The van der Waals surface area contributed by atoms with Crippen molar-refractivity contribution in [3.8, 4) is 0 Å². The van der Waals surface area contributed by atoms with Crippen molar-refractivity contribution in [3.05, 3.63) is 15.6 Å². The lowest BCUT2D eigenvalue weighted by Crippen LogP contribution is -2.31. The number of aromatic nitrogens is 1. The van der Waals surface area contributed by atoms with Crippen LogP contribution in [0.1, 0.15) is 57.1 Å². The quantitative estimate of drug-likeness (QED) is 0.928. The molecule has 0 aliphatic rings. The summed E-state index contributed by atoms with van der Waals surface area (Å²) in [4.78, 5) is 5.51. The molecular formula is C13H24N2O2S2. The van der Waals surface area contributed by atoms with Gasteiger partial charge in [0.1, 0.15) is 10.8 Å². The second kappa shape index (κ2) is 5.14. The molecule has 110 valence electrons. The van der Waals surface area contributed by atoms with Crippen LogP contribution in [0.2, 0.25) is 0 Å². The highest BCUT2D eigenvalue weighted by molar-refractivity contribution is 7.90. The van der Waals surface area contributed by atoms with Crippen LogP contribution in [0.5, 0.6) is 0 Å². The smallest absolute Gasteiger partial charge is 0.156 e. The van der Waals surface area contributed by atoms with E-state index in [2.05, 4.69) is 25.8 Å². The Morgan fingerprint density at radius 2 is 1.74 bits per heavy atom. The normalized spacial score (nSPS) is 13.8. The van der Waals surface area contributed by atoms with Crippen molar-refractivity contribution in [2.24, 2.45) is 5.73 Å². The molecule has 0 spiro atoms. The molecule has 0 atom stereocenters. The zero-order valence-corrected chi connectivity index (χ0v) is 14.2. The number of sulfone groups is 1. The van der Waals surface area contributed by atoms with Gasteiger partial charge < -0.3 is 5.73 Å². The minimum atomic E-state index is -3.06. The zero-order valence-electron chi connectivity index (χ0n) is 12.6. The van der Waals surface area contributed by atoms with E-state index in [0.717, 1.165) is 10.6 Å². The minimum absolute atomic E-state index is 0.00727. The summed E-state index contributed by atoms with van der Waals surface area (Å²) >= 11 is 1.42. The molecule has 6 heteroatoms. The van der Waals surface area contributed by atoms with Gasteiger partial charge in [-0.25, -0.2) is 13.4 Å². The van der Waals surface area contributed by atoms with Gasteiger partial charge in [0.15, 0.2) is 9.84 Å². The Balaban J connectivity index is 3.30. The fourth-order valence-corrected chi connectivity index (χ4v) is 4.16. The number of nitrogens with zero attached hydrogens (tertiary/aromatic N) is 1. The average molecular weight is 304 g/mol. The lowest BCUT2D eigenvalue weighted by atomic mass is 9.87. The molecule has 0 aliphatic carbocycles. The van der Waals surface area contributed by atoms with Gasteiger partial charge in [-0.3, -0.25) is 0 Å². The Kier molecular flexibility index (Phi) is 4.49. The Labute approximate surface area is 120 Å². The first-order chi connectivity index (χ1) is 8.37. The second-order valence-corrected chi connectivity index (χ2v) is 9.87. The zero-order chi connectivity index (χ0) is 15.1.